The van der Waals surface area contributed by atoms with Crippen LogP contribution < -0.4 is 0 Å². The summed E-state index contributed by atoms with van der Waals surface area (Å²) in [6.07, 6.45) is 0. The third-order valence-corrected chi connectivity index (χ3v) is 2.40. The van der Waals surface area contributed by atoms with Crippen LogP contribution in [-0.4, -0.2) is 4.98 Å². The van der Waals surface area contributed by atoms with Gasteiger partial charge in [-0.05, 0) is 31.0 Å². The minimum atomic E-state index is 0.0692. The van der Waals surface area contributed by atoms with E-state index in [-0.39, 0.29) is 5.41 Å². The van der Waals surface area contributed by atoms with Crippen molar-refractivity contribution in [3.8, 4) is 0 Å². The van der Waals surface area contributed by atoms with Crippen LogP contribution in [0.3, 0.4) is 0 Å². The number of pyridine rings is 1. The van der Waals surface area contributed by atoms with Crippen molar-refractivity contribution in [2.24, 2.45) is 0 Å². The van der Waals surface area contributed by atoms with E-state index in [1.165, 1.54) is 11.1 Å². The highest BCUT2D eigenvalue weighted by molar-refractivity contribution is 6.29. The molecule has 0 amide bonds. The van der Waals surface area contributed by atoms with Gasteiger partial charge in [-0.3, -0.25) is 0 Å². The normalized spacial score (nSPS) is 11.8. The number of hydrogen-bond donors (Lipinski definition) is 0. The van der Waals surface area contributed by atoms with E-state index in [1.807, 2.05) is 6.07 Å². The summed E-state index contributed by atoms with van der Waals surface area (Å²) < 4.78 is 0. The molecule has 0 unspecified atom stereocenters. The molecule has 0 saturated carbocycles. The van der Waals surface area contributed by atoms with E-state index in [2.05, 4.69) is 39.6 Å². The zero-order valence-corrected chi connectivity index (χ0v) is 9.66. The fraction of sp³-hybridized carbons (Fsp3) is 0.545. The largest absolute Gasteiger partial charge is 0.240 e. The maximum atomic E-state index is 5.92. The first-order valence-corrected chi connectivity index (χ1v) is 4.84. The van der Waals surface area contributed by atoms with E-state index in [4.69, 9.17) is 11.6 Å². The highest BCUT2D eigenvalue weighted by atomic mass is 35.5. The van der Waals surface area contributed by atoms with Crippen LogP contribution in [0.25, 0.3) is 0 Å². The molecule has 0 N–H and O–H groups in total. The monoisotopic (exact) mass is 197 g/mol. The van der Waals surface area contributed by atoms with Gasteiger partial charge in [0.1, 0.15) is 5.15 Å². The van der Waals surface area contributed by atoms with Gasteiger partial charge in [-0.1, -0.05) is 32.4 Å². The van der Waals surface area contributed by atoms with Gasteiger partial charge in [0.2, 0.25) is 0 Å². The second-order valence-corrected chi connectivity index (χ2v) is 4.87. The lowest BCUT2D eigenvalue weighted by Crippen LogP contribution is -2.16. The van der Waals surface area contributed by atoms with E-state index in [9.17, 15) is 0 Å². The first-order valence-electron chi connectivity index (χ1n) is 4.46. The van der Waals surface area contributed by atoms with E-state index in [0.717, 1.165) is 5.69 Å². The number of halogens is 1. The average molecular weight is 198 g/mol. The molecule has 0 saturated heterocycles. The Morgan fingerprint density at radius 2 is 1.77 bits per heavy atom. The zero-order valence-electron chi connectivity index (χ0n) is 8.90. The number of rotatable bonds is 0. The van der Waals surface area contributed by atoms with E-state index in [0.29, 0.717) is 5.15 Å². The Morgan fingerprint density at radius 1 is 1.23 bits per heavy atom. The Hall–Kier alpha value is -0.560. The molecule has 0 aromatic carbocycles. The molecule has 1 aromatic rings. The van der Waals surface area contributed by atoms with Crippen molar-refractivity contribution in [2.75, 3.05) is 0 Å². The van der Waals surface area contributed by atoms with Crippen LogP contribution in [0.4, 0.5) is 0 Å². The highest BCUT2D eigenvalue weighted by Gasteiger charge is 2.19. The molecule has 2 heteroatoms. The van der Waals surface area contributed by atoms with Gasteiger partial charge < -0.3 is 0 Å². The van der Waals surface area contributed by atoms with Crippen LogP contribution in [0.15, 0.2) is 6.07 Å². The Labute approximate surface area is 85.1 Å². The van der Waals surface area contributed by atoms with Crippen molar-refractivity contribution >= 4 is 11.6 Å². The van der Waals surface area contributed by atoms with Crippen LogP contribution in [0.2, 0.25) is 5.15 Å². The standard InChI is InChI=1S/C11H16ClN/c1-7-6-9(12)13-10(8(7)2)11(3,4)5/h6H,1-5H3. The lowest BCUT2D eigenvalue weighted by Gasteiger charge is -2.21. The Kier molecular flexibility index (Phi) is 2.67. The van der Waals surface area contributed by atoms with E-state index < -0.39 is 0 Å². The summed E-state index contributed by atoms with van der Waals surface area (Å²) in [5, 5.41) is 0.591. The first kappa shape index (κ1) is 10.5. The number of aryl methyl sites for hydroxylation is 1. The maximum Gasteiger partial charge on any atom is 0.129 e. The highest BCUT2D eigenvalue weighted by Crippen LogP contribution is 2.27. The lowest BCUT2D eigenvalue weighted by molar-refractivity contribution is 0.563. The van der Waals surface area contributed by atoms with Gasteiger partial charge in [-0.15, -0.1) is 0 Å². The third kappa shape index (κ3) is 2.22. The van der Waals surface area contributed by atoms with Gasteiger partial charge in [0.25, 0.3) is 0 Å². The molecule has 0 atom stereocenters. The summed E-state index contributed by atoms with van der Waals surface area (Å²) >= 11 is 5.92. The Bertz CT molecular complexity index is 324. The van der Waals surface area contributed by atoms with Crippen molar-refractivity contribution in [1.82, 2.24) is 4.98 Å². The molecule has 1 heterocycles. The second-order valence-electron chi connectivity index (χ2n) is 4.49. The number of nitrogens with zero attached hydrogens (tertiary/aromatic N) is 1. The fourth-order valence-corrected chi connectivity index (χ4v) is 1.67. The van der Waals surface area contributed by atoms with Crippen molar-refractivity contribution in [3.05, 3.63) is 28.0 Å². The van der Waals surface area contributed by atoms with Crippen LogP contribution in [0.1, 0.15) is 37.6 Å². The van der Waals surface area contributed by atoms with Crippen molar-refractivity contribution in [3.63, 3.8) is 0 Å². The minimum absolute atomic E-state index is 0.0692. The Balaban J connectivity index is 3.37. The van der Waals surface area contributed by atoms with Gasteiger partial charge in [0.15, 0.2) is 0 Å². The maximum absolute atomic E-state index is 5.92. The van der Waals surface area contributed by atoms with Crippen molar-refractivity contribution in [1.29, 1.82) is 0 Å². The zero-order chi connectivity index (χ0) is 10.2. The summed E-state index contributed by atoms with van der Waals surface area (Å²) in [7, 11) is 0. The van der Waals surface area contributed by atoms with E-state index >= 15 is 0 Å². The summed E-state index contributed by atoms with van der Waals surface area (Å²) in [5.74, 6) is 0. The van der Waals surface area contributed by atoms with Gasteiger partial charge in [-0.25, -0.2) is 4.98 Å². The molecule has 0 radical (unpaired) electrons. The predicted octanol–water partition coefficient (Wildman–Crippen LogP) is 3.65. The molecule has 0 aliphatic heterocycles. The lowest BCUT2D eigenvalue weighted by atomic mass is 9.87. The second kappa shape index (κ2) is 3.30. The van der Waals surface area contributed by atoms with Gasteiger partial charge in [-0.2, -0.15) is 0 Å². The quantitative estimate of drug-likeness (QED) is 0.579. The molecule has 0 aliphatic carbocycles. The predicted molar refractivity (Wildman–Crippen MR) is 57.4 cm³/mol. The molecule has 0 fully saturated rings. The minimum Gasteiger partial charge on any atom is -0.240 e. The molecule has 0 spiro atoms. The molecule has 1 nitrogen and oxygen atoms in total. The van der Waals surface area contributed by atoms with Crippen molar-refractivity contribution in [2.45, 2.75) is 40.0 Å². The van der Waals surface area contributed by atoms with Gasteiger partial charge >= 0.3 is 0 Å². The first-order chi connectivity index (χ1) is 5.82. The number of aromatic nitrogens is 1. The van der Waals surface area contributed by atoms with Crippen LogP contribution in [0.5, 0.6) is 0 Å². The Morgan fingerprint density at radius 3 is 2.23 bits per heavy atom. The topological polar surface area (TPSA) is 12.9 Å². The average Bonchev–Trinajstić information content (AvgIpc) is 1.94. The summed E-state index contributed by atoms with van der Waals surface area (Å²) in [6, 6.07) is 1.91. The van der Waals surface area contributed by atoms with Gasteiger partial charge in [0, 0.05) is 5.41 Å². The molecule has 72 valence electrons. The molecule has 13 heavy (non-hydrogen) atoms. The van der Waals surface area contributed by atoms with Crippen LogP contribution in [-0.2, 0) is 5.41 Å². The van der Waals surface area contributed by atoms with Gasteiger partial charge in [0.05, 0.1) is 5.69 Å². The molecular weight excluding hydrogens is 182 g/mol. The van der Waals surface area contributed by atoms with Crippen LogP contribution in [0, 0.1) is 13.8 Å². The number of hydrogen-bond acceptors (Lipinski definition) is 1. The summed E-state index contributed by atoms with van der Waals surface area (Å²) in [4.78, 5) is 4.37. The molecule has 0 aliphatic rings. The van der Waals surface area contributed by atoms with E-state index in [1.54, 1.807) is 0 Å². The van der Waals surface area contributed by atoms with Crippen LogP contribution >= 0.6 is 11.6 Å². The van der Waals surface area contributed by atoms with Crippen molar-refractivity contribution < 1.29 is 0 Å². The summed E-state index contributed by atoms with van der Waals surface area (Å²) in [5.41, 5.74) is 3.62. The summed E-state index contributed by atoms with van der Waals surface area (Å²) in [6.45, 7) is 10.6. The third-order valence-electron chi connectivity index (χ3n) is 2.21. The molecule has 1 rings (SSSR count). The molecule has 1 aromatic heterocycles. The SMILES string of the molecule is Cc1cc(Cl)nc(C(C)(C)C)c1C. The smallest absolute Gasteiger partial charge is 0.129 e. The molecular formula is C11H16ClN. The molecule has 0 bridgehead atoms. The fourth-order valence-electron chi connectivity index (χ4n) is 1.43.